The molecule has 0 bridgehead atoms. The molecule has 28 heavy (non-hydrogen) atoms. The largest absolute Gasteiger partial charge is 0.481 e. The molecule has 0 atom stereocenters. The number of carbonyl (C=O) groups is 1. The van der Waals surface area contributed by atoms with E-state index >= 15 is 0 Å². The first-order valence-corrected chi connectivity index (χ1v) is 11.7. The van der Waals surface area contributed by atoms with E-state index in [1.807, 2.05) is 0 Å². The minimum atomic E-state index is -0.569. The first-order chi connectivity index (χ1) is 13.4. The van der Waals surface area contributed by atoms with Gasteiger partial charge in [-0.3, -0.25) is 4.79 Å². The van der Waals surface area contributed by atoms with Gasteiger partial charge in [-0.2, -0.15) is 0 Å². The maximum atomic E-state index is 11.3. The summed E-state index contributed by atoms with van der Waals surface area (Å²) in [5.41, 5.74) is 6.43. The molecule has 156 valence electrons. The Balaban J connectivity index is 1.43. The predicted molar refractivity (Wildman–Crippen MR) is 117 cm³/mol. The van der Waals surface area contributed by atoms with Gasteiger partial charge in [0.2, 0.25) is 0 Å². The second kappa shape index (κ2) is 9.01. The molecular formula is C26H40O2. The maximum Gasteiger partial charge on any atom is 0.309 e. The molecule has 3 rings (SSSR count). The minimum Gasteiger partial charge on any atom is -0.481 e. The second-order valence-corrected chi connectivity index (χ2v) is 10.2. The van der Waals surface area contributed by atoms with Gasteiger partial charge in [-0.15, -0.1) is 0 Å². The number of aliphatic carboxylic acids is 1. The smallest absolute Gasteiger partial charge is 0.309 e. The summed E-state index contributed by atoms with van der Waals surface area (Å²) in [4.78, 5) is 11.3. The van der Waals surface area contributed by atoms with Crippen LogP contribution >= 0.6 is 0 Å². The number of hydrogen-bond acceptors (Lipinski definition) is 1. The molecule has 0 aromatic heterocycles. The van der Waals surface area contributed by atoms with Crippen molar-refractivity contribution in [2.24, 2.45) is 10.8 Å². The Bertz CT molecular complexity index is 680. The van der Waals surface area contributed by atoms with Crippen LogP contribution in [0, 0.1) is 24.7 Å². The number of carboxylic acids is 1. The fraction of sp³-hybridized carbons (Fsp3) is 0.731. The molecule has 0 aliphatic heterocycles. The summed E-state index contributed by atoms with van der Waals surface area (Å²) < 4.78 is 0. The SMILES string of the molecule is Cc1ccc(C)c(CCCCCC2(C(=O)O)CC2)c1CCCCCC1(C)CC1. The molecule has 1 aromatic carbocycles. The number of unbranched alkanes of at least 4 members (excludes halogenated alkanes) is 4. The predicted octanol–water partition coefficient (Wildman–Crippen LogP) is 7.17. The van der Waals surface area contributed by atoms with Crippen LogP contribution in [0.1, 0.15) is 106 Å². The highest BCUT2D eigenvalue weighted by Crippen LogP contribution is 2.50. The first-order valence-electron chi connectivity index (χ1n) is 11.7. The minimum absolute atomic E-state index is 0.345. The Kier molecular flexibility index (Phi) is 6.89. The van der Waals surface area contributed by atoms with Crippen molar-refractivity contribution in [2.75, 3.05) is 0 Å². The van der Waals surface area contributed by atoms with Gasteiger partial charge in [0.05, 0.1) is 5.41 Å². The fourth-order valence-corrected chi connectivity index (χ4v) is 4.78. The summed E-state index contributed by atoms with van der Waals surface area (Å²) in [5.74, 6) is -0.569. The molecule has 0 amide bonds. The summed E-state index contributed by atoms with van der Waals surface area (Å²) in [6.07, 6.45) is 16.8. The molecule has 1 aromatic rings. The van der Waals surface area contributed by atoms with Gasteiger partial charge in [0.25, 0.3) is 0 Å². The van der Waals surface area contributed by atoms with E-state index in [0.29, 0.717) is 5.41 Å². The van der Waals surface area contributed by atoms with Gasteiger partial charge in [0.1, 0.15) is 0 Å². The average Bonchev–Trinajstić information content (AvgIpc) is 3.57. The van der Waals surface area contributed by atoms with Crippen molar-refractivity contribution < 1.29 is 9.90 Å². The third-order valence-corrected chi connectivity index (χ3v) is 7.60. The Morgan fingerprint density at radius 2 is 1.32 bits per heavy atom. The fourth-order valence-electron chi connectivity index (χ4n) is 4.78. The van der Waals surface area contributed by atoms with Gasteiger partial charge in [0, 0.05) is 0 Å². The highest BCUT2D eigenvalue weighted by molar-refractivity contribution is 5.77. The molecule has 2 heteroatoms. The van der Waals surface area contributed by atoms with E-state index in [2.05, 4.69) is 32.9 Å². The lowest BCUT2D eigenvalue weighted by Gasteiger charge is -2.16. The van der Waals surface area contributed by atoms with Crippen molar-refractivity contribution in [3.8, 4) is 0 Å². The molecule has 2 nitrogen and oxygen atoms in total. The van der Waals surface area contributed by atoms with Crippen molar-refractivity contribution >= 4 is 5.97 Å². The molecule has 2 aliphatic carbocycles. The van der Waals surface area contributed by atoms with Crippen LogP contribution in [0.25, 0.3) is 0 Å². The van der Waals surface area contributed by atoms with Crippen molar-refractivity contribution in [1.29, 1.82) is 0 Å². The Hall–Kier alpha value is -1.31. The van der Waals surface area contributed by atoms with Crippen LogP contribution in [0.4, 0.5) is 0 Å². The van der Waals surface area contributed by atoms with Crippen LogP contribution in [-0.2, 0) is 17.6 Å². The normalized spacial score (nSPS) is 18.8. The molecule has 0 spiro atoms. The zero-order valence-corrected chi connectivity index (χ0v) is 18.4. The lowest BCUT2D eigenvalue weighted by molar-refractivity contribution is -0.143. The van der Waals surface area contributed by atoms with Crippen LogP contribution in [0.15, 0.2) is 12.1 Å². The summed E-state index contributed by atoms with van der Waals surface area (Å²) >= 11 is 0. The number of benzene rings is 1. The van der Waals surface area contributed by atoms with E-state index < -0.39 is 5.97 Å². The van der Waals surface area contributed by atoms with Crippen LogP contribution in [0.5, 0.6) is 0 Å². The van der Waals surface area contributed by atoms with E-state index in [9.17, 15) is 9.90 Å². The molecule has 0 unspecified atom stereocenters. The Morgan fingerprint density at radius 1 is 0.821 bits per heavy atom. The highest BCUT2D eigenvalue weighted by atomic mass is 16.4. The molecule has 0 radical (unpaired) electrons. The van der Waals surface area contributed by atoms with E-state index in [1.165, 1.54) is 62.5 Å². The van der Waals surface area contributed by atoms with Gasteiger partial charge < -0.3 is 5.11 Å². The van der Waals surface area contributed by atoms with Gasteiger partial charge >= 0.3 is 5.97 Å². The third kappa shape index (κ3) is 5.61. The van der Waals surface area contributed by atoms with Gasteiger partial charge in [-0.25, -0.2) is 0 Å². The lowest BCUT2D eigenvalue weighted by atomic mass is 9.89. The number of rotatable bonds is 13. The topological polar surface area (TPSA) is 37.3 Å². The summed E-state index contributed by atoms with van der Waals surface area (Å²) in [5, 5.41) is 9.31. The van der Waals surface area contributed by atoms with Crippen LogP contribution in [0.2, 0.25) is 0 Å². The standard InChI is InChI=1S/C26H40O2/c1-20-12-13-21(2)23(11-7-5-9-15-26(18-19-26)24(27)28)22(20)10-6-4-8-14-25(3)16-17-25/h12-13H,4-11,14-19H2,1-3H3,(H,27,28). The van der Waals surface area contributed by atoms with E-state index in [-0.39, 0.29) is 5.41 Å². The van der Waals surface area contributed by atoms with Crippen LogP contribution in [0.3, 0.4) is 0 Å². The second-order valence-electron chi connectivity index (χ2n) is 10.2. The van der Waals surface area contributed by atoms with Gasteiger partial charge in [0.15, 0.2) is 0 Å². The van der Waals surface area contributed by atoms with Crippen LogP contribution < -0.4 is 0 Å². The Morgan fingerprint density at radius 3 is 1.75 bits per heavy atom. The molecule has 1 N–H and O–H groups in total. The van der Waals surface area contributed by atoms with Crippen LogP contribution in [-0.4, -0.2) is 11.1 Å². The molecule has 2 aliphatic rings. The third-order valence-electron chi connectivity index (χ3n) is 7.60. The lowest BCUT2D eigenvalue weighted by Crippen LogP contribution is -2.14. The quantitative estimate of drug-likeness (QED) is 0.366. The average molecular weight is 385 g/mol. The van der Waals surface area contributed by atoms with Gasteiger partial charge in [-0.05, 0) is 106 Å². The zero-order chi connectivity index (χ0) is 20.2. The van der Waals surface area contributed by atoms with E-state index in [1.54, 1.807) is 11.1 Å². The number of aryl methyl sites for hydroxylation is 2. The summed E-state index contributed by atoms with van der Waals surface area (Å²) in [6.45, 7) is 6.97. The van der Waals surface area contributed by atoms with Crippen molar-refractivity contribution in [2.45, 2.75) is 111 Å². The summed E-state index contributed by atoms with van der Waals surface area (Å²) in [7, 11) is 0. The van der Waals surface area contributed by atoms with Crippen molar-refractivity contribution in [1.82, 2.24) is 0 Å². The van der Waals surface area contributed by atoms with E-state index in [0.717, 1.165) is 38.5 Å². The van der Waals surface area contributed by atoms with Crippen molar-refractivity contribution in [3.05, 3.63) is 34.4 Å². The molecule has 0 heterocycles. The van der Waals surface area contributed by atoms with Gasteiger partial charge in [-0.1, -0.05) is 44.7 Å². The molecule has 0 saturated heterocycles. The maximum absolute atomic E-state index is 11.3. The molecular weight excluding hydrogens is 344 g/mol. The zero-order valence-electron chi connectivity index (χ0n) is 18.4. The number of hydrogen-bond donors (Lipinski definition) is 1. The highest BCUT2D eigenvalue weighted by Gasteiger charge is 2.49. The Labute approximate surface area is 172 Å². The summed E-state index contributed by atoms with van der Waals surface area (Å²) in [6, 6.07) is 4.58. The molecule has 2 saturated carbocycles. The molecule has 2 fully saturated rings. The monoisotopic (exact) mass is 384 g/mol. The van der Waals surface area contributed by atoms with Crippen molar-refractivity contribution in [3.63, 3.8) is 0 Å². The van der Waals surface area contributed by atoms with E-state index in [4.69, 9.17) is 0 Å². The first kappa shape index (κ1) is 21.4. The number of carboxylic acid groups (broad SMARTS) is 1.